The van der Waals surface area contributed by atoms with E-state index in [1.165, 1.54) is 0 Å². The molecule has 2 saturated heterocycles. The molecule has 2 aliphatic heterocycles. The van der Waals surface area contributed by atoms with E-state index in [0.717, 1.165) is 31.9 Å². The van der Waals surface area contributed by atoms with Crippen LogP contribution in [0.15, 0.2) is 0 Å². The Hall–Kier alpha value is -1.19. The van der Waals surface area contributed by atoms with Crippen LogP contribution in [0.5, 0.6) is 0 Å². The predicted octanol–water partition coefficient (Wildman–Crippen LogP) is 0.909. The molecule has 0 radical (unpaired) electrons. The van der Waals surface area contributed by atoms with Crippen molar-refractivity contribution < 1.29 is 27.5 Å². The highest BCUT2D eigenvalue weighted by Gasteiger charge is 2.42. The summed E-state index contributed by atoms with van der Waals surface area (Å²) in [6.07, 6.45) is 5.26. The van der Waals surface area contributed by atoms with E-state index in [4.69, 9.17) is 9.47 Å². The minimum absolute atomic E-state index is 0.0895. The van der Waals surface area contributed by atoms with E-state index in [0.29, 0.717) is 19.4 Å². The van der Waals surface area contributed by atoms with Crippen LogP contribution in [-0.4, -0.2) is 69.9 Å². The topological polar surface area (TPSA) is 102 Å². The molecule has 2 saturated carbocycles. The van der Waals surface area contributed by atoms with E-state index in [9.17, 15) is 18.0 Å². The van der Waals surface area contributed by atoms with Gasteiger partial charge in [-0.05, 0) is 38.5 Å². The van der Waals surface area contributed by atoms with Crippen molar-refractivity contribution in [1.29, 1.82) is 0 Å². The van der Waals surface area contributed by atoms with Gasteiger partial charge in [0.15, 0.2) is 12.4 Å². The molecule has 9 heteroatoms. The molecule has 0 spiro atoms. The Labute approximate surface area is 154 Å². The molecule has 2 unspecified atom stereocenters. The maximum absolute atomic E-state index is 12.6. The molecule has 0 aromatic rings. The number of hydrogen-bond donors (Lipinski definition) is 1. The van der Waals surface area contributed by atoms with E-state index in [-0.39, 0.29) is 42.4 Å². The molecule has 4 fully saturated rings. The molecule has 26 heavy (non-hydrogen) atoms. The lowest BCUT2D eigenvalue weighted by Crippen LogP contribution is -2.42. The first-order valence-corrected chi connectivity index (χ1v) is 11.1. The second-order valence-corrected chi connectivity index (χ2v) is 9.52. The summed E-state index contributed by atoms with van der Waals surface area (Å²) in [5.74, 6) is -0.748. The minimum atomic E-state index is -3.37. The lowest BCUT2D eigenvalue weighted by Gasteiger charge is -2.34. The van der Waals surface area contributed by atoms with E-state index in [1.54, 1.807) is 11.9 Å². The van der Waals surface area contributed by atoms with Crippen LogP contribution >= 0.6 is 0 Å². The number of carbonyl (C=O) groups is 2. The third kappa shape index (κ3) is 4.55. The van der Waals surface area contributed by atoms with Crippen LogP contribution in [0, 0.1) is 11.8 Å². The molecule has 2 aliphatic carbocycles. The third-order valence-electron chi connectivity index (χ3n) is 5.94. The number of ketones is 1. The summed E-state index contributed by atoms with van der Waals surface area (Å²) in [5, 5.41) is 0. The molecule has 2 heterocycles. The maximum atomic E-state index is 12.6. The Morgan fingerprint density at radius 2 is 1.77 bits per heavy atom. The van der Waals surface area contributed by atoms with Crippen molar-refractivity contribution in [2.24, 2.45) is 11.8 Å². The number of nitrogens with one attached hydrogen (secondary N) is 1. The Kier molecular flexibility index (Phi) is 5.88. The lowest BCUT2D eigenvalue weighted by molar-refractivity contribution is -0.128. The minimum Gasteiger partial charge on any atom is -0.441 e. The van der Waals surface area contributed by atoms with E-state index in [1.807, 2.05) is 0 Å². The third-order valence-corrected chi connectivity index (χ3v) is 6.67. The number of Topliss-reactive ketones (excluding diaryl/α,β-unsaturated/α-hetero) is 1. The summed E-state index contributed by atoms with van der Waals surface area (Å²) in [5.41, 5.74) is 0. The van der Waals surface area contributed by atoms with Crippen molar-refractivity contribution in [3.05, 3.63) is 0 Å². The summed E-state index contributed by atoms with van der Waals surface area (Å²) in [6.45, 7) is 0.0782. The molecular weight excluding hydrogens is 360 g/mol. The van der Waals surface area contributed by atoms with E-state index in [2.05, 4.69) is 4.72 Å². The van der Waals surface area contributed by atoms with Crippen molar-refractivity contribution in [3.63, 3.8) is 0 Å². The van der Waals surface area contributed by atoms with Crippen LogP contribution in [0.1, 0.15) is 38.5 Å². The molecule has 1 N–H and O–H groups in total. The van der Waals surface area contributed by atoms with Crippen LogP contribution in [0.3, 0.4) is 0 Å². The fourth-order valence-electron chi connectivity index (χ4n) is 4.46. The van der Waals surface area contributed by atoms with Crippen molar-refractivity contribution in [2.75, 3.05) is 26.5 Å². The number of amides is 1. The van der Waals surface area contributed by atoms with Gasteiger partial charge in [-0.1, -0.05) is 0 Å². The molecule has 4 aliphatic rings. The Bertz CT molecular complexity index is 644. The first-order valence-electron chi connectivity index (χ1n) is 9.26. The number of carbonyl (C=O) groups excluding carboxylic acids is 2. The Balaban J connectivity index is 1.78. The SMILES string of the molecule is CN1C(=O)OCC(=O)C2CC[C@H](NS(C)(=O)=O)C2COC2CCC1CC2. The fraction of sp³-hybridized carbons (Fsp3) is 0.882. The van der Waals surface area contributed by atoms with Crippen molar-refractivity contribution >= 4 is 21.9 Å². The summed E-state index contributed by atoms with van der Waals surface area (Å²) in [6, 6.07) is -0.212. The number of hydrogen-bond acceptors (Lipinski definition) is 6. The summed E-state index contributed by atoms with van der Waals surface area (Å²) >= 11 is 0. The Morgan fingerprint density at radius 1 is 1.08 bits per heavy atom. The van der Waals surface area contributed by atoms with Crippen LogP contribution in [0.25, 0.3) is 0 Å². The zero-order valence-corrected chi connectivity index (χ0v) is 16.2. The summed E-state index contributed by atoms with van der Waals surface area (Å²) in [7, 11) is -1.66. The monoisotopic (exact) mass is 388 g/mol. The summed E-state index contributed by atoms with van der Waals surface area (Å²) < 4.78 is 37.3. The number of fused-ring (bicyclic) bond motifs is 7. The maximum Gasteiger partial charge on any atom is 0.410 e. The second-order valence-electron chi connectivity index (χ2n) is 7.74. The van der Waals surface area contributed by atoms with Gasteiger partial charge in [0.1, 0.15) is 0 Å². The normalized spacial score (nSPS) is 36.7. The van der Waals surface area contributed by atoms with E-state index >= 15 is 0 Å². The van der Waals surface area contributed by atoms with Crippen molar-refractivity contribution in [1.82, 2.24) is 9.62 Å². The predicted molar refractivity (Wildman–Crippen MR) is 94.1 cm³/mol. The average Bonchev–Trinajstić information content (AvgIpc) is 2.97. The lowest BCUT2D eigenvalue weighted by atomic mass is 9.90. The standard InChI is InChI=1S/C17H28N2O6S/c1-19-11-3-5-12(6-4-11)24-9-14-13(16(20)10-25-17(19)21)7-8-15(14)18-26(2,22)23/h11-15,18H,3-10H2,1-2H3/t11?,12?,13?,14?,15-/m0/s1. The fourth-order valence-corrected chi connectivity index (χ4v) is 5.30. The van der Waals surface area contributed by atoms with Gasteiger partial charge in [0.2, 0.25) is 10.0 Å². The van der Waals surface area contributed by atoms with Gasteiger partial charge in [0.25, 0.3) is 0 Å². The molecule has 4 rings (SSSR count). The first-order chi connectivity index (χ1) is 12.2. The molecule has 2 bridgehead atoms. The summed E-state index contributed by atoms with van der Waals surface area (Å²) in [4.78, 5) is 26.4. The van der Waals surface area contributed by atoms with Crippen molar-refractivity contribution in [2.45, 2.75) is 56.7 Å². The molecule has 8 nitrogen and oxygen atoms in total. The smallest absolute Gasteiger partial charge is 0.410 e. The highest BCUT2D eigenvalue weighted by Crippen LogP contribution is 2.35. The number of rotatable bonds is 2. The zero-order valence-electron chi connectivity index (χ0n) is 15.3. The van der Waals surface area contributed by atoms with Gasteiger partial charge in [-0.15, -0.1) is 0 Å². The van der Waals surface area contributed by atoms with Crippen molar-refractivity contribution in [3.8, 4) is 0 Å². The average molecular weight is 388 g/mol. The molecule has 148 valence electrons. The number of nitrogens with zero attached hydrogens (tertiary/aromatic N) is 1. The largest absolute Gasteiger partial charge is 0.441 e. The van der Waals surface area contributed by atoms with Gasteiger partial charge >= 0.3 is 6.09 Å². The van der Waals surface area contributed by atoms with Gasteiger partial charge in [-0.3, -0.25) is 4.79 Å². The van der Waals surface area contributed by atoms with Gasteiger partial charge in [-0.25, -0.2) is 17.9 Å². The highest BCUT2D eigenvalue weighted by atomic mass is 32.2. The number of sulfonamides is 1. The second kappa shape index (κ2) is 7.82. The molecule has 0 aromatic carbocycles. The first kappa shape index (κ1) is 19.6. The van der Waals surface area contributed by atoms with Gasteiger partial charge in [-0.2, -0.15) is 0 Å². The molecule has 3 atom stereocenters. The zero-order chi connectivity index (χ0) is 18.9. The molecule has 0 aromatic heterocycles. The van der Waals surface area contributed by atoms with Crippen LogP contribution in [0.4, 0.5) is 4.79 Å². The quantitative estimate of drug-likeness (QED) is 0.754. The van der Waals surface area contributed by atoms with Gasteiger partial charge < -0.3 is 14.4 Å². The van der Waals surface area contributed by atoms with Crippen LogP contribution in [-0.2, 0) is 24.3 Å². The van der Waals surface area contributed by atoms with E-state index < -0.39 is 16.1 Å². The number of ether oxygens (including phenoxy) is 2. The van der Waals surface area contributed by atoms with Gasteiger partial charge in [0.05, 0.1) is 19.0 Å². The van der Waals surface area contributed by atoms with Crippen LogP contribution in [0.2, 0.25) is 0 Å². The van der Waals surface area contributed by atoms with Gasteiger partial charge in [0, 0.05) is 31.0 Å². The molecule has 1 amide bonds. The molecular formula is C17H28N2O6S. The highest BCUT2D eigenvalue weighted by molar-refractivity contribution is 7.88. The van der Waals surface area contributed by atoms with Crippen LogP contribution < -0.4 is 4.72 Å². The Morgan fingerprint density at radius 3 is 2.42 bits per heavy atom.